The van der Waals surface area contributed by atoms with Crippen LogP contribution in [-0.2, 0) is 0 Å². The molecule has 0 aromatic carbocycles. The first-order valence-electron chi connectivity index (χ1n) is 4.34. The number of hydrogen-bond donors (Lipinski definition) is 1. The molecule has 1 nitrogen and oxygen atoms in total. The van der Waals surface area contributed by atoms with Gasteiger partial charge in [0, 0.05) is 0 Å². The van der Waals surface area contributed by atoms with Gasteiger partial charge in [-0.15, -0.1) is 0 Å². The van der Waals surface area contributed by atoms with Crippen molar-refractivity contribution < 1.29 is 5.11 Å². The van der Waals surface area contributed by atoms with Gasteiger partial charge in [-0.05, 0) is 37.5 Å². The molecule has 0 aromatic rings. The highest BCUT2D eigenvalue weighted by Gasteiger charge is 2.61. The van der Waals surface area contributed by atoms with Crippen molar-refractivity contribution in [1.29, 1.82) is 0 Å². The predicted octanol–water partition coefficient (Wildman–Crippen LogP) is 1.80. The Hall–Kier alpha value is -0.0400. The van der Waals surface area contributed by atoms with Crippen LogP contribution >= 0.6 is 0 Å². The zero-order valence-electron chi connectivity index (χ0n) is 6.80. The lowest BCUT2D eigenvalue weighted by Crippen LogP contribution is -2.05. The minimum atomic E-state index is -0.273. The van der Waals surface area contributed by atoms with Gasteiger partial charge in [0.15, 0.2) is 0 Å². The fourth-order valence-electron chi connectivity index (χ4n) is 2.59. The molecule has 2 rings (SSSR count). The summed E-state index contributed by atoms with van der Waals surface area (Å²) in [6.07, 6.45) is 3.85. The van der Waals surface area contributed by atoms with E-state index in [0.717, 1.165) is 5.92 Å². The first-order chi connectivity index (χ1) is 4.62. The van der Waals surface area contributed by atoms with Crippen LogP contribution in [0.5, 0.6) is 0 Å². The molecule has 0 spiro atoms. The van der Waals surface area contributed by atoms with Gasteiger partial charge in [0.2, 0.25) is 0 Å². The molecule has 2 aliphatic rings. The Morgan fingerprint density at radius 2 is 2.00 bits per heavy atom. The topological polar surface area (TPSA) is 20.2 Å². The highest BCUT2D eigenvalue weighted by molar-refractivity contribution is 5.11. The number of fused-ring (bicyclic) bond motifs is 1. The Bertz CT molecular complexity index is 151. The van der Waals surface area contributed by atoms with Crippen LogP contribution in [-0.4, -0.2) is 10.7 Å². The second kappa shape index (κ2) is 1.76. The fraction of sp³-hybridized carbons (Fsp3) is 1.00. The van der Waals surface area contributed by atoms with Crippen LogP contribution in [0.25, 0.3) is 0 Å². The predicted molar refractivity (Wildman–Crippen MR) is 40.6 cm³/mol. The SMILES string of the molecule is CC1CCC2C(C1)C2(C)O. The van der Waals surface area contributed by atoms with E-state index in [4.69, 9.17) is 0 Å². The molecule has 0 aliphatic heterocycles. The van der Waals surface area contributed by atoms with Crippen LogP contribution < -0.4 is 0 Å². The van der Waals surface area contributed by atoms with Crippen LogP contribution in [0.15, 0.2) is 0 Å². The molecule has 0 radical (unpaired) electrons. The van der Waals surface area contributed by atoms with Crippen molar-refractivity contribution >= 4 is 0 Å². The Balaban J connectivity index is 2.04. The van der Waals surface area contributed by atoms with Crippen LogP contribution in [0, 0.1) is 17.8 Å². The molecule has 1 heteroatoms. The van der Waals surface area contributed by atoms with Crippen LogP contribution in [0.3, 0.4) is 0 Å². The van der Waals surface area contributed by atoms with Crippen molar-refractivity contribution in [3.05, 3.63) is 0 Å². The molecule has 0 amide bonds. The van der Waals surface area contributed by atoms with Gasteiger partial charge in [0.05, 0.1) is 5.60 Å². The van der Waals surface area contributed by atoms with Crippen molar-refractivity contribution in [3.8, 4) is 0 Å². The Morgan fingerprint density at radius 1 is 1.30 bits per heavy atom. The molecule has 0 bridgehead atoms. The van der Waals surface area contributed by atoms with Gasteiger partial charge in [0.25, 0.3) is 0 Å². The minimum Gasteiger partial charge on any atom is -0.390 e. The maximum Gasteiger partial charge on any atom is 0.0683 e. The normalized spacial score (nSPS) is 59.7. The molecule has 0 saturated heterocycles. The molecule has 58 valence electrons. The highest BCUT2D eigenvalue weighted by atomic mass is 16.3. The van der Waals surface area contributed by atoms with Gasteiger partial charge in [0.1, 0.15) is 0 Å². The van der Waals surface area contributed by atoms with Crippen LogP contribution in [0.2, 0.25) is 0 Å². The summed E-state index contributed by atoms with van der Waals surface area (Å²) in [5.74, 6) is 2.16. The van der Waals surface area contributed by atoms with E-state index in [2.05, 4.69) is 6.92 Å². The Labute approximate surface area is 62.4 Å². The number of aliphatic hydroxyl groups is 1. The molecule has 0 heterocycles. The summed E-state index contributed by atoms with van der Waals surface area (Å²) in [5.41, 5.74) is -0.273. The van der Waals surface area contributed by atoms with Crippen molar-refractivity contribution in [2.45, 2.75) is 38.7 Å². The van der Waals surface area contributed by atoms with E-state index in [0.29, 0.717) is 11.8 Å². The van der Waals surface area contributed by atoms with Crippen molar-refractivity contribution in [2.75, 3.05) is 0 Å². The maximum atomic E-state index is 9.71. The molecule has 2 fully saturated rings. The summed E-state index contributed by atoms with van der Waals surface area (Å²) < 4.78 is 0. The van der Waals surface area contributed by atoms with E-state index in [1.165, 1.54) is 19.3 Å². The van der Waals surface area contributed by atoms with E-state index >= 15 is 0 Å². The first kappa shape index (κ1) is 6.66. The molecule has 4 atom stereocenters. The van der Waals surface area contributed by atoms with Crippen LogP contribution in [0.4, 0.5) is 0 Å². The molecule has 10 heavy (non-hydrogen) atoms. The first-order valence-corrected chi connectivity index (χ1v) is 4.34. The lowest BCUT2D eigenvalue weighted by molar-refractivity contribution is 0.138. The third-order valence-electron chi connectivity index (χ3n) is 3.50. The minimum absolute atomic E-state index is 0.273. The van der Waals surface area contributed by atoms with E-state index < -0.39 is 0 Å². The number of rotatable bonds is 0. The molecule has 4 unspecified atom stereocenters. The Morgan fingerprint density at radius 3 is 2.50 bits per heavy atom. The zero-order chi connectivity index (χ0) is 7.35. The van der Waals surface area contributed by atoms with Gasteiger partial charge >= 0.3 is 0 Å². The van der Waals surface area contributed by atoms with Gasteiger partial charge in [-0.3, -0.25) is 0 Å². The molecular formula is C9H16O. The second-order valence-electron chi connectivity index (χ2n) is 4.36. The summed E-state index contributed by atoms with van der Waals surface area (Å²) in [6, 6.07) is 0. The van der Waals surface area contributed by atoms with Crippen molar-refractivity contribution in [3.63, 3.8) is 0 Å². The maximum absolute atomic E-state index is 9.71. The second-order valence-corrected chi connectivity index (χ2v) is 4.36. The molecular weight excluding hydrogens is 124 g/mol. The third kappa shape index (κ3) is 0.731. The van der Waals surface area contributed by atoms with Crippen LogP contribution in [0.1, 0.15) is 33.1 Å². The lowest BCUT2D eigenvalue weighted by atomic mass is 9.91. The lowest BCUT2D eigenvalue weighted by Gasteiger charge is -2.14. The van der Waals surface area contributed by atoms with Gasteiger partial charge < -0.3 is 5.11 Å². The standard InChI is InChI=1S/C9H16O/c1-6-3-4-7-8(5-6)9(7,2)10/h6-8,10H,3-5H2,1-2H3. The average molecular weight is 140 g/mol. The quantitative estimate of drug-likeness (QED) is 0.544. The number of hydrogen-bond acceptors (Lipinski definition) is 1. The molecule has 2 aliphatic carbocycles. The van der Waals surface area contributed by atoms with Crippen molar-refractivity contribution in [2.24, 2.45) is 17.8 Å². The molecule has 0 aromatic heterocycles. The van der Waals surface area contributed by atoms with E-state index in [-0.39, 0.29) is 5.60 Å². The van der Waals surface area contributed by atoms with E-state index in [1.807, 2.05) is 6.92 Å². The average Bonchev–Trinajstić information content (AvgIpc) is 2.36. The summed E-state index contributed by atoms with van der Waals surface area (Å²) in [4.78, 5) is 0. The van der Waals surface area contributed by atoms with E-state index in [9.17, 15) is 5.11 Å². The third-order valence-corrected chi connectivity index (χ3v) is 3.50. The summed E-state index contributed by atoms with van der Waals surface area (Å²) in [6.45, 7) is 4.30. The molecule has 1 N–H and O–H groups in total. The highest BCUT2D eigenvalue weighted by Crippen LogP contribution is 2.59. The smallest absolute Gasteiger partial charge is 0.0683 e. The fourth-order valence-corrected chi connectivity index (χ4v) is 2.59. The van der Waals surface area contributed by atoms with Gasteiger partial charge in [-0.1, -0.05) is 13.3 Å². The monoisotopic (exact) mass is 140 g/mol. The largest absolute Gasteiger partial charge is 0.390 e. The summed E-state index contributed by atoms with van der Waals surface area (Å²) in [5, 5.41) is 9.71. The molecule has 2 saturated carbocycles. The van der Waals surface area contributed by atoms with E-state index in [1.54, 1.807) is 0 Å². The summed E-state index contributed by atoms with van der Waals surface area (Å²) >= 11 is 0. The summed E-state index contributed by atoms with van der Waals surface area (Å²) in [7, 11) is 0. The zero-order valence-corrected chi connectivity index (χ0v) is 6.80. The van der Waals surface area contributed by atoms with Gasteiger partial charge in [-0.25, -0.2) is 0 Å². The Kier molecular flexibility index (Phi) is 1.17. The van der Waals surface area contributed by atoms with Gasteiger partial charge in [-0.2, -0.15) is 0 Å². The van der Waals surface area contributed by atoms with Crippen molar-refractivity contribution in [1.82, 2.24) is 0 Å².